The van der Waals surface area contributed by atoms with Crippen LogP contribution in [0, 0.1) is 0 Å². The van der Waals surface area contributed by atoms with Crippen LogP contribution in [0.4, 0.5) is 0 Å². The van der Waals surface area contributed by atoms with Gasteiger partial charge in [0, 0.05) is 6.42 Å². The first kappa shape index (κ1) is 17.4. The quantitative estimate of drug-likeness (QED) is 0.791. The zero-order valence-corrected chi connectivity index (χ0v) is 15.1. The maximum atomic E-state index is 10.8. The monoisotopic (exact) mass is 312 g/mol. The molecule has 0 aromatic heterocycles. The first-order valence-corrected chi connectivity index (χ1v) is 8.13. The number of phenols is 2. The molecule has 0 amide bonds. The van der Waals surface area contributed by atoms with Crippen molar-refractivity contribution in [2.24, 2.45) is 0 Å². The molecular weight excluding hydrogens is 284 g/mol. The molecule has 0 atom stereocenters. The molecule has 0 saturated heterocycles. The van der Waals surface area contributed by atoms with Gasteiger partial charge in [0.15, 0.2) is 0 Å². The van der Waals surface area contributed by atoms with Gasteiger partial charge >= 0.3 is 0 Å². The molecule has 2 aromatic carbocycles. The molecular formula is C21H28O2. The van der Waals surface area contributed by atoms with Crippen LogP contribution in [0.2, 0.25) is 0 Å². The molecule has 0 heterocycles. The van der Waals surface area contributed by atoms with Crippen molar-refractivity contribution in [1.29, 1.82) is 0 Å². The van der Waals surface area contributed by atoms with E-state index in [1.54, 1.807) is 12.1 Å². The van der Waals surface area contributed by atoms with Gasteiger partial charge in [0.2, 0.25) is 0 Å². The van der Waals surface area contributed by atoms with Gasteiger partial charge in [-0.2, -0.15) is 0 Å². The summed E-state index contributed by atoms with van der Waals surface area (Å²) in [6, 6.07) is 11.4. The summed E-state index contributed by atoms with van der Waals surface area (Å²) in [6.07, 6.45) is 0.652. The zero-order chi connectivity index (χ0) is 17.4. The van der Waals surface area contributed by atoms with Crippen LogP contribution in [-0.2, 0) is 17.3 Å². The predicted molar refractivity (Wildman–Crippen MR) is 96.4 cm³/mol. The maximum Gasteiger partial charge on any atom is 0.122 e. The highest BCUT2D eigenvalue weighted by molar-refractivity contribution is 5.50. The number of benzene rings is 2. The Morgan fingerprint density at radius 3 is 1.83 bits per heavy atom. The lowest BCUT2D eigenvalue weighted by Crippen LogP contribution is -2.17. The van der Waals surface area contributed by atoms with Crippen molar-refractivity contribution in [3.05, 3.63) is 58.7 Å². The first-order valence-electron chi connectivity index (χ1n) is 8.13. The van der Waals surface area contributed by atoms with Crippen molar-refractivity contribution in [3.63, 3.8) is 0 Å². The summed E-state index contributed by atoms with van der Waals surface area (Å²) in [5.41, 5.74) is 4.14. The van der Waals surface area contributed by atoms with Gasteiger partial charge in [0.25, 0.3) is 0 Å². The van der Waals surface area contributed by atoms with E-state index in [2.05, 4.69) is 53.7 Å². The molecule has 23 heavy (non-hydrogen) atoms. The molecule has 0 aliphatic carbocycles. The van der Waals surface area contributed by atoms with Crippen molar-refractivity contribution >= 4 is 0 Å². The van der Waals surface area contributed by atoms with Gasteiger partial charge in [-0.1, -0.05) is 65.8 Å². The second-order valence-corrected chi connectivity index (χ2v) is 8.37. The molecule has 0 fully saturated rings. The molecule has 2 nitrogen and oxygen atoms in total. The third-order valence-electron chi connectivity index (χ3n) is 4.19. The Hall–Kier alpha value is -1.96. The summed E-state index contributed by atoms with van der Waals surface area (Å²) in [5, 5.41) is 20.2. The van der Waals surface area contributed by atoms with Crippen LogP contribution in [0.5, 0.6) is 11.5 Å². The van der Waals surface area contributed by atoms with Crippen LogP contribution >= 0.6 is 0 Å². The van der Waals surface area contributed by atoms with Crippen LogP contribution in [-0.4, -0.2) is 10.2 Å². The molecule has 2 rings (SSSR count). The van der Waals surface area contributed by atoms with Crippen LogP contribution < -0.4 is 0 Å². The molecule has 2 heteroatoms. The lowest BCUT2D eigenvalue weighted by Gasteiger charge is -2.27. The number of phenolic OH excluding ortho intramolecular Hbond substituents is 2. The van der Waals surface area contributed by atoms with Crippen LogP contribution in [0.1, 0.15) is 63.8 Å². The van der Waals surface area contributed by atoms with Gasteiger partial charge in [-0.25, -0.2) is 0 Å². The van der Waals surface area contributed by atoms with Crippen molar-refractivity contribution in [2.75, 3.05) is 0 Å². The molecule has 124 valence electrons. The average Bonchev–Trinajstić information content (AvgIpc) is 2.41. The number of rotatable bonds is 2. The molecule has 0 aliphatic rings. The fourth-order valence-electron chi connectivity index (χ4n) is 2.67. The zero-order valence-electron chi connectivity index (χ0n) is 15.1. The highest BCUT2D eigenvalue weighted by Gasteiger charge is 2.24. The summed E-state index contributed by atoms with van der Waals surface area (Å²) in [4.78, 5) is 0. The molecule has 0 aliphatic heterocycles. The van der Waals surface area contributed by atoms with Gasteiger partial charge in [-0.15, -0.1) is 0 Å². The standard InChI is InChI=1S/C21H28O2/c1-20(2,3)16-12-15(11-14-7-9-17(22)10-8-14)19(23)18(13-16)21(4,5)6/h7-10,12-13,22-23H,11H2,1-6H3. The van der Waals surface area contributed by atoms with Crippen LogP contribution in [0.3, 0.4) is 0 Å². The van der Waals surface area contributed by atoms with Gasteiger partial charge in [0.1, 0.15) is 11.5 Å². The topological polar surface area (TPSA) is 40.5 Å². The van der Waals surface area contributed by atoms with E-state index in [0.29, 0.717) is 12.2 Å². The van der Waals surface area contributed by atoms with Crippen molar-refractivity contribution < 1.29 is 10.2 Å². The molecule has 2 aromatic rings. The van der Waals surface area contributed by atoms with E-state index < -0.39 is 0 Å². The smallest absolute Gasteiger partial charge is 0.122 e. The number of aromatic hydroxyl groups is 2. The Balaban J connectivity index is 2.55. The van der Waals surface area contributed by atoms with Crippen LogP contribution in [0.25, 0.3) is 0 Å². The number of hydrogen-bond donors (Lipinski definition) is 2. The Morgan fingerprint density at radius 2 is 1.35 bits per heavy atom. The predicted octanol–water partition coefficient (Wildman–Crippen LogP) is 5.28. The van der Waals surface area contributed by atoms with Crippen LogP contribution in [0.15, 0.2) is 36.4 Å². The number of hydrogen-bond acceptors (Lipinski definition) is 2. The summed E-state index contributed by atoms with van der Waals surface area (Å²) < 4.78 is 0. The van der Waals surface area contributed by atoms with Gasteiger partial charge < -0.3 is 10.2 Å². The second kappa shape index (κ2) is 5.92. The lowest BCUT2D eigenvalue weighted by atomic mass is 9.78. The third-order valence-corrected chi connectivity index (χ3v) is 4.19. The minimum atomic E-state index is -0.116. The maximum absolute atomic E-state index is 10.8. The largest absolute Gasteiger partial charge is 0.508 e. The average molecular weight is 312 g/mol. The molecule has 0 spiro atoms. The summed E-state index contributed by atoms with van der Waals surface area (Å²) in [5.74, 6) is 0.648. The molecule has 0 radical (unpaired) electrons. The Morgan fingerprint density at radius 1 is 0.783 bits per heavy atom. The minimum absolute atomic E-state index is 0.0252. The minimum Gasteiger partial charge on any atom is -0.508 e. The second-order valence-electron chi connectivity index (χ2n) is 8.37. The Labute approximate surface area is 139 Å². The Bertz CT molecular complexity index is 684. The van der Waals surface area contributed by atoms with Crippen molar-refractivity contribution in [2.45, 2.75) is 58.8 Å². The van der Waals surface area contributed by atoms with E-state index in [1.165, 1.54) is 5.56 Å². The normalized spacial score (nSPS) is 12.4. The van der Waals surface area contributed by atoms with Gasteiger partial charge in [0.05, 0.1) is 0 Å². The first-order chi connectivity index (χ1) is 10.5. The van der Waals surface area contributed by atoms with E-state index in [1.807, 2.05) is 12.1 Å². The summed E-state index contributed by atoms with van der Waals surface area (Å²) in [6.45, 7) is 12.9. The highest BCUT2D eigenvalue weighted by Crippen LogP contribution is 2.38. The van der Waals surface area contributed by atoms with Crippen molar-refractivity contribution in [1.82, 2.24) is 0 Å². The summed E-state index contributed by atoms with van der Waals surface area (Å²) >= 11 is 0. The summed E-state index contributed by atoms with van der Waals surface area (Å²) in [7, 11) is 0. The van der Waals surface area contributed by atoms with E-state index in [0.717, 1.165) is 16.7 Å². The van der Waals surface area contributed by atoms with E-state index >= 15 is 0 Å². The molecule has 0 bridgehead atoms. The van der Waals surface area contributed by atoms with E-state index in [9.17, 15) is 10.2 Å². The highest BCUT2D eigenvalue weighted by atomic mass is 16.3. The fourth-order valence-corrected chi connectivity index (χ4v) is 2.67. The van der Waals surface area contributed by atoms with Gasteiger partial charge in [-0.3, -0.25) is 0 Å². The van der Waals surface area contributed by atoms with E-state index in [-0.39, 0.29) is 16.6 Å². The van der Waals surface area contributed by atoms with Crippen molar-refractivity contribution in [3.8, 4) is 11.5 Å². The molecule has 2 N–H and O–H groups in total. The Kier molecular flexibility index (Phi) is 4.48. The van der Waals surface area contributed by atoms with E-state index in [4.69, 9.17) is 0 Å². The molecule has 0 unspecified atom stereocenters. The lowest BCUT2D eigenvalue weighted by molar-refractivity contribution is 0.439. The fraction of sp³-hybridized carbons (Fsp3) is 0.429. The molecule has 0 saturated carbocycles. The SMILES string of the molecule is CC(C)(C)c1cc(Cc2ccc(O)cc2)c(O)c(C(C)(C)C)c1. The third kappa shape index (κ3) is 4.07. The van der Waals surface area contributed by atoms with Gasteiger partial charge in [-0.05, 0) is 45.2 Å².